The zero-order valence-corrected chi connectivity index (χ0v) is 9.24. The minimum atomic E-state index is -4.45. The standard InChI is InChI=1S/C11H11F3N2O2/c12-11(13,14)9-5-15-10(18)6-16(9)7-2-1-3-8(17)4-7/h1-4,9,17H,5-6H2,(H,15,18). The number of alkyl halides is 3. The van der Waals surface area contributed by atoms with E-state index in [4.69, 9.17) is 0 Å². The lowest BCUT2D eigenvalue weighted by Crippen LogP contribution is -2.60. The molecule has 1 aliphatic rings. The van der Waals surface area contributed by atoms with Gasteiger partial charge in [0.1, 0.15) is 11.8 Å². The lowest BCUT2D eigenvalue weighted by Gasteiger charge is -2.38. The normalized spacial score (nSPS) is 20.7. The molecule has 2 rings (SSSR count). The van der Waals surface area contributed by atoms with Crippen molar-refractivity contribution in [3.05, 3.63) is 24.3 Å². The molecule has 2 N–H and O–H groups in total. The Morgan fingerprint density at radius 3 is 2.72 bits per heavy atom. The SMILES string of the molecule is O=C1CN(c2cccc(O)c2)C(C(F)(F)F)CN1. The fraction of sp³-hybridized carbons (Fsp3) is 0.364. The summed E-state index contributed by atoms with van der Waals surface area (Å²) in [5, 5.41) is 11.5. The molecule has 4 nitrogen and oxygen atoms in total. The number of hydrogen-bond acceptors (Lipinski definition) is 3. The summed E-state index contributed by atoms with van der Waals surface area (Å²) in [6.07, 6.45) is -4.45. The quantitative estimate of drug-likeness (QED) is 0.799. The van der Waals surface area contributed by atoms with E-state index in [1.807, 2.05) is 0 Å². The molecular weight excluding hydrogens is 249 g/mol. The predicted molar refractivity (Wildman–Crippen MR) is 58.3 cm³/mol. The van der Waals surface area contributed by atoms with Crippen LogP contribution in [0.2, 0.25) is 0 Å². The van der Waals surface area contributed by atoms with Gasteiger partial charge in [-0.25, -0.2) is 0 Å². The number of phenols is 1. The maximum Gasteiger partial charge on any atom is 0.410 e. The van der Waals surface area contributed by atoms with E-state index in [0.29, 0.717) is 0 Å². The molecule has 0 aliphatic carbocycles. The lowest BCUT2D eigenvalue weighted by atomic mass is 10.1. The molecular formula is C11H11F3N2O2. The number of hydrogen-bond donors (Lipinski definition) is 2. The van der Waals surface area contributed by atoms with E-state index in [2.05, 4.69) is 5.32 Å². The first-order chi connectivity index (χ1) is 8.38. The van der Waals surface area contributed by atoms with Gasteiger partial charge in [0.15, 0.2) is 0 Å². The molecule has 1 amide bonds. The molecule has 1 unspecified atom stereocenters. The van der Waals surface area contributed by atoms with Gasteiger partial charge in [-0.1, -0.05) is 6.07 Å². The molecule has 0 aromatic heterocycles. The first kappa shape index (κ1) is 12.5. The summed E-state index contributed by atoms with van der Waals surface area (Å²) < 4.78 is 38.5. The van der Waals surface area contributed by atoms with Gasteiger partial charge < -0.3 is 15.3 Å². The average molecular weight is 260 g/mol. The van der Waals surface area contributed by atoms with E-state index >= 15 is 0 Å². The largest absolute Gasteiger partial charge is 0.508 e. The summed E-state index contributed by atoms with van der Waals surface area (Å²) in [6, 6.07) is 3.65. The third kappa shape index (κ3) is 2.49. The van der Waals surface area contributed by atoms with Crippen molar-refractivity contribution in [2.75, 3.05) is 18.0 Å². The van der Waals surface area contributed by atoms with Crippen LogP contribution in [-0.4, -0.2) is 36.3 Å². The second-order valence-electron chi connectivity index (χ2n) is 4.01. The molecule has 1 heterocycles. The van der Waals surface area contributed by atoms with Crippen LogP contribution in [0.25, 0.3) is 0 Å². The van der Waals surface area contributed by atoms with Crippen molar-refractivity contribution < 1.29 is 23.1 Å². The van der Waals surface area contributed by atoms with E-state index in [1.165, 1.54) is 24.3 Å². The van der Waals surface area contributed by atoms with Crippen LogP contribution in [0.15, 0.2) is 24.3 Å². The highest BCUT2D eigenvalue weighted by atomic mass is 19.4. The Morgan fingerprint density at radius 2 is 2.11 bits per heavy atom. The Balaban J connectivity index is 2.34. The van der Waals surface area contributed by atoms with Crippen LogP contribution in [0, 0.1) is 0 Å². The molecule has 0 bridgehead atoms. The molecule has 1 aliphatic heterocycles. The molecule has 0 spiro atoms. The number of amides is 1. The maximum atomic E-state index is 12.8. The molecule has 1 saturated heterocycles. The minimum Gasteiger partial charge on any atom is -0.508 e. The molecule has 18 heavy (non-hydrogen) atoms. The van der Waals surface area contributed by atoms with Gasteiger partial charge in [0, 0.05) is 18.3 Å². The van der Waals surface area contributed by atoms with Crippen LogP contribution in [0.5, 0.6) is 5.75 Å². The van der Waals surface area contributed by atoms with Gasteiger partial charge in [0.05, 0.1) is 6.54 Å². The van der Waals surface area contributed by atoms with Crippen LogP contribution in [0.1, 0.15) is 0 Å². The number of benzene rings is 1. The van der Waals surface area contributed by atoms with Crippen molar-refractivity contribution in [1.29, 1.82) is 0 Å². The Kier molecular flexibility index (Phi) is 3.06. The van der Waals surface area contributed by atoms with Gasteiger partial charge in [0.2, 0.25) is 5.91 Å². The number of nitrogens with zero attached hydrogens (tertiary/aromatic N) is 1. The first-order valence-electron chi connectivity index (χ1n) is 5.27. The number of rotatable bonds is 1. The molecule has 1 aromatic carbocycles. The highest BCUT2D eigenvalue weighted by molar-refractivity contribution is 5.83. The smallest absolute Gasteiger partial charge is 0.410 e. The van der Waals surface area contributed by atoms with Crippen molar-refractivity contribution in [3.63, 3.8) is 0 Å². The van der Waals surface area contributed by atoms with Gasteiger partial charge in [0.25, 0.3) is 0 Å². The second-order valence-corrected chi connectivity index (χ2v) is 4.01. The fourth-order valence-electron chi connectivity index (χ4n) is 1.88. The summed E-state index contributed by atoms with van der Waals surface area (Å²) in [5.41, 5.74) is 0.173. The first-order valence-corrected chi connectivity index (χ1v) is 5.27. The fourth-order valence-corrected chi connectivity index (χ4v) is 1.88. The molecule has 98 valence electrons. The van der Waals surface area contributed by atoms with E-state index in [1.54, 1.807) is 0 Å². The Bertz CT molecular complexity index is 462. The Morgan fingerprint density at radius 1 is 1.39 bits per heavy atom. The second kappa shape index (κ2) is 4.40. The number of nitrogens with one attached hydrogen (secondary N) is 1. The number of carbonyl (C=O) groups is 1. The van der Waals surface area contributed by atoms with Crippen LogP contribution in [0.4, 0.5) is 18.9 Å². The number of phenolic OH excluding ortho intramolecular Hbond substituents is 1. The third-order valence-electron chi connectivity index (χ3n) is 2.72. The maximum absolute atomic E-state index is 12.8. The summed E-state index contributed by atoms with van der Waals surface area (Å²) in [4.78, 5) is 12.2. The van der Waals surface area contributed by atoms with Crippen molar-refractivity contribution in [1.82, 2.24) is 5.32 Å². The molecule has 0 saturated carbocycles. The van der Waals surface area contributed by atoms with E-state index < -0.39 is 24.7 Å². The van der Waals surface area contributed by atoms with Gasteiger partial charge in [-0.05, 0) is 12.1 Å². The van der Waals surface area contributed by atoms with Gasteiger partial charge in [-0.15, -0.1) is 0 Å². The van der Waals surface area contributed by atoms with Gasteiger partial charge in [-0.3, -0.25) is 4.79 Å². The number of halogens is 3. The van der Waals surface area contributed by atoms with Crippen molar-refractivity contribution >= 4 is 11.6 Å². The van der Waals surface area contributed by atoms with E-state index in [-0.39, 0.29) is 18.0 Å². The van der Waals surface area contributed by atoms with Gasteiger partial charge >= 0.3 is 6.18 Å². The molecule has 0 radical (unpaired) electrons. The third-order valence-corrected chi connectivity index (χ3v) is 2.72. The molecule has 1 fully saturated rings. The number of piperazine rings is 1. The highest BCUT2D eigenvalue weighted by Gasteiger charge is 2.46. The zero-order chi connectivity index (χ0) is 13.3. The van der Waals surface area contributed by atoms with Crippen molar-refractivity contribution in [2.45, 2.75) is 12.2 Å². The number of carbonyl (C=O) groups excluding carboxylic acids is 1. The summed E-state index contributed by atoms with van der Waals surface area (Å²) in [6.45, 7) is -0.869. The molecule has 7 heteroatoms. The van der Waals surface area contributed by atoms with Crippen LogP contribution >= 0.6 is 0 Å². The summed E-state index contributed by atoms with van der Waals surface area (Å²) >= 11 is 0. The monoisotopic (exact) mass is 260 g/mol. The van der Waals surface area contributed by atoms with Crippen molar-refractivity contribution in [2.24, 2.45) is 0 Å². The Labute approximate surface area is 101 Å². The van der Waals surface area contributed by atoms with Gasteiger partial charge in [-0.2, -0.15) is 13.2 Å². The minimum absolute atomic E-state index is 0.139. The lowest BCUT2D eigenvalue weighted by molar-refractivity contribution is -0.153. The summed E-state index contributed by atoms with van der Waals surface area (Å²) in [7, 11) is 0. The highest BCUT2D eigenvalue weighted by Crippen LogP contribution is 2.31. The van der Waals surface area contributed by atoms with Crippen LogP contribution < -0.4 is 10.2 Å². The van der Waals surface area contributed by atoms with Crippen LogP contribution in [0.3, 0.4) is 0 Å². The predicted octanol–water partition coefficient (Wildman–Crippen LogP) is 1.26. The number of anilines is 1. The average Bonchev–Trinajstić information content (AvgIpc) is 2.27. The van der Waals surface area contributed by atoms with Crippen molar-refractivity contribution in [3.8, 4) is 5.75 Å². The molecule has 1 atom stereocenters. The number of aromatic hydroxyl groups is 1. The van der Waals surface area contributed by atoms with E-state index in [0.717, 1.165) is 4.90 Å². The van der Waals surface area contributed by atoms with Crippen LogP contribution in [-0.2, 0) is 4.79 Å². The Hall–Kier alpha value is -1.92. The molecule has 1 aromatic rings. The summed E-state index contributed by atoms with van der Waals surface area (Å²) in [5.74, 6) is -0.613. The van der Waals surface area contributed by atoms with E-state index in [9.17, 15) is 23.1 Å². The zero-order valence-electron chi connectivity index (χ0n) is 9.24. The topological polar surface area (TPSA) is 52.6 Å².